The molecule has 2 N–H and O–H groups in total. The van der Waals surface area contributed by atoms with Crippen molar-refractivity contribution in [2.75, 3.05) is 31.4 Å². The predicted molar refractivity (Wildman–Crippen MR) is 99.6 cm³/mol. The molecule has 0 saturated carbocycles. The van der Waals surface area contributed by atoms with Crippen molar-refractivity contribution in [3.05, 3.63) is 63.7 Å². The maximum atomic E-state index is 12.6. The fourth-order valence-corrected chi connectivity index (χ4v) is 2.39. The molecule has 2 rings (SSSR count). The molecule has 0 unspecified atom stereocenters. The Morgan fingerprint density at radius 2 is 1.77 bits per heavy atom. The minimum Gasteiger partial charge on any atom is -0.377 e. The van der Waals surface area contributed by atoms with E-state index in [0.29, 0.717) is 11.4 Å². The van der Waals surface area contributed by atoms with Crippen molar-refractivity contribution in [1.82, 2.24) is 5.32 Å². The number of carbonyl (C=O) groups excluding carboxylic acids is 2. The van der Waals surface area contributed by atoms with Gasteiger partial charge in [0.2, 0.25) is 5.91 Å². The van der Waals surface area contributed by atoms with E-state index in [2.05, 4.69) is 10.6 Å². The number of hydrogen-bond acceptors (Lipinski definition) is 5. The summed E-state index contributed by atoms with van der Waals surface area (Å²) in [5.74, 6) is -0.551. The lowest BCUT2D eigenvalue weighted by Gasteiger charge is -2.17. The summed E-state index contributed by atoms with van der Waals surface area (Å²) in [5, 5.41) is 16.3. The average Bonchev–Trinajstić information content (AvgIpc) is 2.62. The number of amides is 2. The lowest BCUT2D eigenvalue weighted by Crippen LogP contribution is -2.20. The van der Waals surface area contributed by atoms with Crippen LogP contribution in [0.5, 0.6) is 0 Å². The average molecular weight is 356 g/mol. The lowest BCUT2D eigenvalue weighted by atomic mass is 10.1. The second kappa shape index (κ2) is 8.11. The highest BCUT2D eigenvalue weighted by molar-refractivity contribution is 6.08. The van der Waals surface area contributed by atoms with Gasteiger partial charge in [-0.1, -0.05) is 12.1 Å². The minimum atomic E-state index is -0.538. The first-order chi connectivity index (χ1) is 12.3. The van der Waals surface area contributed by atoms with Gasteiger partial charge in [-0.15, -0.1) is 0 Å². The fraction of sp³-hybridized carbons (Fsp3) is 0.222. The third kappa shape index (κ3) is 4.56. The van der Waals surface area contributed by atoms with Gasteiger partial charge in [0.05, 0.1) is 16.9 Å². The lowest BCUT2D eigenvalue weighted by molar-refractivity contribution is -0.384. The second-order valence-corrected chi connectivity index (χ2v) is 5.85. The molecule has 2 aromatic carbocycles. The van der Waals surface area contributed by atoms with Gasteiger partial charge in [-0.25, -0.2) is 0 Å². The quantitative estimate of drug-likeness (QED) is 0.610. The van der Waals surface area contributed by atoms with Gasteiger partial charge >= 0.3 is 0 Å². The van der Waals surface area contributed by atoms with E-state index in [0.717, 1.165) is 5.56 Å². The molecular weight excluding hydrogens is 336 g/mol. The van der Waals surface area contributed by atoms with Gasteiger partial charge in [0.1, 0.15) is 0 Å². The van der Waals surface area contributed by atoms with E-state index in [1.807, 2.05) is 0 Å². The smallest absolute Gasteiger partial charge is 0.270 e. The number of likely N-dealkylation sites (N-methyl/N-ethyl adjacent to an activating group) is 1. The van der Waals surface area contributed by atoms with Crippen LogP contribution in [-0.4, -0.2) is 37.9 Å². The minimum absolute atomic E-state index is 0.103. The van der Waals surface area contributed by atoms with Crippen molar-refractivity contribution in [2.24, 2.45) is 0 Å². The second-order valence-electron chi connectivity index (χ2n) is 5.85. The molecule has 8 heteroatoms. The van der Waals surface area contributed by atoms with Gasteiger partial charge in [-0.3, -0.25) is 19.7 Å². The Hall–Kier alpha value is -3.42. The number of nitro benzene ring substituents is 1. The van der Waals surface area contributed by atoms with E-state index in [9.17, 15) is 19.7 Å². The first-order valence-electron chi connectivity index (χ1n) is 7.88. The molecule has 0 spiro atoms. The van der Waals surface area contributed by atoms with E-state index in [1.165, 1.54) is 12.1 Å². The third-order valence-corrected chi connectivity index (χ3v) is 3.77. The number of nitrogens with one attached hydrogen (secondary N) is 2. The van der Waals surface area contributed by atoms with Gasteiger partial charge in [-0.2, -0.15) is 0 Å². The Balaban J connectivity index is 2.22. The first kappa shape index (κ1) is 18.9. The van der Waals surface area contributed by atoms with Crippen molar-refractivity contribution in [3.8, 4) is 0 Å². The molecule has 136 valence electrons. The van der Waals surface area contributed by atoms with E-state index in [4.69, 9.17) is 0 Å². The number of rotatable bonds is 6. The highest BCUT2D eigenvalue weighted by Crippen LogP contribution is 2.25. The SMILES string of the molecule is CNC(=O)Cc1ccc(NC(=O)c2cc([N+](=O)[O-])ccc2N(C)C)cc1. The molecule has 8 nitrogen and oxygen atoms in total. The summed E-state index contributed by atoms with van der Waals surface area (Å²) in [4.78, 5) is 36.1. The molecule has 0 aliphatic heterocycles. The van der Waals surface area contributed by atoms with Crippen LogP contribution in [0.4, 0.5) is 17.1 Å². The van der Waals surface area contributed by atoms with Crippen molar-refractivity contribution in [2.45, 2.75) is 6.42 Å². The molecule has 2 aromatic rings. The number of nitrogens with zero attached hydrogens (tertiary/aromatic N) is 2. The summed E-state index contributed by atoms with van der Waals surface area (Å²) >= 11 is 0. The van der Waals surface area contributed by atoms with Crippen LogP contribution in [0, 0.1) is 10.1 Å². The summed E-state index contributed by atoms with van der Waals surface area (Å²) in [6, 6.07) is 11.0. The molecule has 0 atom stereocenters. The number of anilines is 2. The van der Waals surface area contributed by atoms with Gasteiger partial charge < -0.3 is 15.5 Å². The van der Waals surface area contributed by atoms with Crippen LogP contribution in [0.1, 0.15) is 15.9 Å². The third-order valence-electron chi connectivity index (χ3n) is 3.77. The van der Waals surface area contributed by atoms with E-state index in [1.54, 1.807) is 56.4 Å². The molecule has 0 heterocycles. The highest BCUT2D eigenvalue weighted by Gasteiger charge is 2.18. The topological polar surface area (TPSA) is 105 Å². The van der Waals surface area contributed by atoms with E-state index in [-0.39, 0.29) is 23.6 Å². The van der Waals surface area contributed by atoms with Crippen molar-refractivity contribution >= 4 is 28.9 Å². The molecule has 0 fully saturated rings. The zero-order valence-corrected chi connectivity index (χ0v) is 14.8. The first-order valence-corrected chi connectivity index (χ1v) is 7.88. The Labute approximate surface area is 151 Å². The molecule has 2 amide bonds. The molecule has 0 aliphatic rings. The highest BCUT2D eigenvalue weighted by atomic mass is 16.6. The van der Waals surface area contributed by atoms with Crippen LogP contribution in [-0.2, 0) is 11.2 Å². The van der Waals surface area contributed by atoms with Crippen molar-refractivity contribution < 1.29 is 14.5 Å². The molecule has 0 saturated heterocycles. The Morgan fingerprint density at radius 1 is 1.12 bits per heavy atom. The van der Waals surface area contributed by atoms with Crippen molar-refractivity contribution in [1.29, 1.82) is 0 Å². The van der Waals surface area contributed by atoms with Crippen molar-refractivity contribution in [3.63, 3.8) is 0 Å². The Kier molecular flexibility index (Phi) is 5.90. The molecule has 26 heavy (non-hydrogen) atoms. The van der Waals surface area contributed by atoms with Crippen LogP contribution >= 0.6 is 0 Å². The molecule has 0 aromatic heterocycles. The molecule has 0 aliphatic carbocycles. The summed E-state index contributed by atoms with van der Waals surface area (Å²) < 4.78 is 0. The summed E-state index contributed by atoms with van der Waals surface area (Å²) in [6.45, 7) is 0. The van der Waals surface area contributed by atoms with Crippen LogP contribution < -0.4 is 15.5 Å². The summed E-state index contributed by atoms with van der Waals surface area (Å²) in [5.41, 5.74) is 1.98. The number of non-ortho nitro benzene ring substituents is 1. The predicted octanol–water partition coefficient (Wildman–Crippen LogP) is 2.20. The summed E-state index contributed by atoms with van der Waals surface area (Å²) in [6.07, 6.45) is 0.250. The van der Waals surface area contributed by atoms with Gasteiger partial charge in [-0.05, 0) is 23.8 Å². The van der Waals surface area contributed by atoms with Crippen LogP contribution in [0.15, 0.2) is 42.5 Å². The number of benzene rings is 2. The normalized spacial score (nSPS) is 10.1. The van der Waals surface area contributed by atoms with Crippen LogP contribution in [0.3, 0.4) is 0 Å². The van der Waals surface area contributed by atoms with Crippen LogP contribution in [0.25, 0.3) is 0 Å². The zero-order chi connectivity index (χ0) is 19.3. The largest absolute Gasteiger partial charge is 0.377 e. The monoisotopic (exact) mass is 356 g/mol. The standard InChI is InChI=1S/C18H20N4O4/c1-19-17(23)10-12-4-6-13(7-5-12)20-18(24)15-11-14(22(25)26)8-9-16(15)21(2)3/h4-9,11H,10H2,1-3H3,(H,19,23)(H,20,24). The zero-order valence-electron chi connectivity index (χ0n) is 14.8. The van der Waals surface area contributed by atoms with Gasteiger partial charge in [0.15, 0.2) is 0 Å². The van der Waals surface area contributed by atoms with Gasteiger partial charge in [0, 0.05) is 44.7 Å². The maximum Gasteiger partial charge on any atom is 0.270 e. The van der Waals surface area contributed by atoms with E-state index >= 15 is 0 Å². The van der Waals surface area contributed by atoms with Crippen LogP contribution in [0.2, 0.25) is 0 Å². The number of nitro groups is 1. The maximum absolute atomic E-state index is 12.6. The Morgan fingerprint density at radius 3 is 2.31 bits per heavy atom. The molecule has 0 bridgehead atoms. The summed E-state index contributed by atoms with van der Waals surface area (Å²) in [7, 11) is 5.08. The number of carbonyl (C=O) groups is 2. The fourth-order valence-electron chi connectivity index (χ4n) is 2.39. The Bertz CT molecular complexity index is 832. The van der Waals surface area contributed by atoms with Gasteiger partial charge in [0.25, 0.3) is 11.6 Å². The molecule has 0 radical (unpaired) electrons. The van der Waals surface area contributed by atoms with E-state index < -0.39 is 10.8 Å². The number of hydrogen-bond donors (Lipinski definition) is 2. The molecular formula is C18H20N4O4.